The molecular formula is C23H22Cl3N3O. The van der Waals surface area contributed by atoms with E-state index in [1.165, 1.54) is 0 Å². The van der Waals surface area contributed by atoms with E-state index in [0.717, 1.165) is 36.4 Å². The Hall–Kier alpha value is -1.82. The SMILES string of the molecule is OC(CN1CCN(c2ccc(Cl)cc2Cl)[C@H](c2ccc(Cl)cc2)C1)c1ccncc1. The molecule has 30 heavy (non-hydrogen) atoms. The van der Waals surface area contributed by atoms with Gasteiger partial charge in [-0.2, -0.15) is 0 Å². The second-order valence-corrected chi connectivity index (χ2v) is 8.69. The van der Waals surface area contributed by atoms with Crippen LogP contribution in [0.1, 0.15) is 23.3 Å². The molecule has 1 saturated heterocycles. The van der Waals surface area contributed by atoms with Crippen molar-refractivity contribution in [2.75, 3.05) is 31.1 Å². The zero-order valence-corrected chi connectivity index (χ0v) is 18.5. The summed E-state index contributed by atoms with van der Waals surface area (Å²) in [4.78, 5) is 8.61. The second kappa shape index (κ2) is 9.54. The Kier molecular flexibility index (Phi) is 6.81. The van der Waals surface area contributed by atoms with Crippen LogP contribution in [0.15, 0.2) is 67.0 Å². The number of aliphatic hydroxyl groups is 1. The molecular weight excluding hydrogens is 441 g/mol. The van der Waals surface area contributed by atoms with Gasteiger partial charge in [-0.05, 0) is 53.6 Å². The maximum Gasteiger partial charge on any atom is 0.0918 e. The molecule has 0 aliphatic carbocycles. The van der Waals surface area contributed by atoms with Gasteiger partial charge in [0.25, 0.3) is 0 Å². The second-order valence-electron chi connectivity index (χ2n) is 7.41. The number of nitrogens with zero attached hydrogens (tertiary/aromatic N) is 3. The Morgan fingerprint density at radius 1 is 0.933 bits per heavy atom. The highest BCUT2D eigenvalue weighted by atomic mass is 35.5. The molecule has 3 aromatic rings. The summed E-state index contributed by atoms with van der Waals surface area (Å²) in [6.07, 6.45) is 2.84. The number of pyridine rings is 1. The lowest BCUT2D eigenvalue weighted by Gasteiger charge is -2.44. The summed E-state index contributed by atoms with van der Waals surface area (Å²) >= 11 is 18.8. The molecule has 156 valence electrons. The molecule has 1 N–H and O–H groups in total. The molecule has 4 rings (SSSR count). The number of aromatic nitrogens is 1. The number of hydrogen-bond donors (Lipinski definition) is 1. The van der Waals surface area contributed by atoms with E-state index in [0.29, 0.717) is 21.6 Å². The molecule has 1 aromatic heterocycles. The van der Waals surface area contributed by atoms with Crippen LogP contribution in [0.2, 0.25) is 15.1 Å². The van der Waals surface area contributed by atoms with Crippen LogP contribution in [0.4, 0.5) is 5.69 Å². The molecule has 0 spiro atoms. The summed E-state index contributed by atoms with van der Waals surface area (Å²) in [6.45, 7) is 2.89. The van der Waals surface area contributed by atoms with Crippen molar-refractivity contribution >= 4 is 40.5 Å². The predicted molar refractivity (Wildman–Crippen MR) is 124 cm³/mol. The van der Waals surface area contributed by atoms with E-state index in [-0.39, 0.29) is 6.04 Å². The van der Waals surface area contributed by atoms with Crippen molar-refractivity contribution < 1.29 is 5.11 Å². The Bertz CT molecular complexity index is 985. The van der Waals surface area contributed by atoms with Crippen molar-refractivity contribution in [1.29, 1.82) is 0 Å². The third kappa shape index (κ3) is 4.90. The summed E-state index contributed by atoms with van der Waals surface area (Å²) in [5.41, 5.74) is 2.97. The Morgan fingerprint density at radius 3 is 2.33 bits per heavy atom. The van der Waals surface area contributed by atoms with Gasteiger partial charge in [0.15, 0.2) is 0 Å². The van der Waals surface area contributed by atoms with Gasteiger partial charge >= 0.3 is 0 Å². The lowest BCUT2D eigenvalue weighted by atomic mass is 10.0. The fourth-order valence-corrected chi connectivity index (χ4v) is 4.56. The van der Waals surface area contributed by atoms with Crippen molar-refractivity contribution in [3.63, 3.8) is 0 Å². The minimum atomic E-state index is -0.565. The molecule has 2 aromatic carbocycles. The summed E-state index contributed by atoms with van der Waals surface area (Å²) in [5, 5.41) is 12.6. The predicted octanol–water partition coefficient (Wildman–Crippen LogP) is 5.64. The highest BCUT2D eigenvalue weighted by molar-refractivity contribution is 6.36. The van der Waals surface area contributed by atoms with Crippen LogP contribution < -0.4 is 4.90 Å². The Labute approximate surface area is 191 Å². The maximum absolute atomic E-state index is 10.7. The third-order valence-electron chi connectivity index (χ3n) is 5.46. The fourth-order valence-electron chi connectivity index (χ4n) is 3.91. The van der Waals surface area contributed by atoms with Crippen molar-refractivity contribution in [2.45, 2.75) is 12.1 Å². The zero-order chi connectivity index (χ0) is 21.1. The molecule has 0 amide bonds. The van der Waals surface area contributed by atoms with Gasteiger partial charge in [-0.3, -0.25) is 9.88 Å². The number of benzene rings is 2. The highest BCUT2D eigenvalue weighted by Gasteiger charge is 2.30. The average Bonchev–Trinajstić information content (AvgIpc) is 2.75. The molecule has 0 bridgehead atoms. The zero-order valence-electron chi connectivity index (χ0n) is 16.3. The van der Waals surface area contributed by atoms with Gasteiger partial charge < -0.3 is 10.0 Å². The molecule has 1 aliphatic heterocycles. The number of rotatable bonds is 5. The summed E-state index contributed by atoms with van der Waals surface area (Å²) in [6, 6.07) is 17.3. The van der Waals surface area contributed by atoms with Crippen LogP contribution in [0.5, 0.6) is 0 Å². The molecule has 1 unspecified atom stereocenters. The normalized spacial score (nSPS) is 18.4. The van der Waals surface area contributed by atoms with Gasteiger partial charge in [-0.15, -0.1) is 0 Å². The topological polar surface area (TPSA) is 39.6 Å². The lowest BCUT2D eigenvalue weighted by molar-refractivity contribution is 0.100. The molecule has 0 saturated carbocycles. The van der Waals surface area contributed by atoms with Crippen molar-refractivity contribution in [3.05, 3.63) is 93.2 Å². The standard InChI is InChI=1S/C23H22Cl3N3O/c24-18-3-1-16(2-4-18)22-14-28(15-23(30)17-7-9-27-10-8-17)11-12-29(22)21-6-5-19(25)13-20(21)26/h1-10,13,22-23,30H,11-12,14-15H2/t22-,23?/m0/s1. The minimum absolute atomic E-state index is 0.0688. The highest BCUT2D eigenvalue weighted by Crippen LogP contribution is 2.37. The Morgan fingerprint density at radius 2 is 1.63 bits per heavy atom. The van der Waals surface area contributed by atoms with Gasteiger partial charge in [-0.1, -0.05) is 46.9 Å². The molecule has 1 aliphatic rings. The third-order valence-corrected chi connectivity index (χ3v) is 6.25. The minimum Gasteiger partial charge on any atom is -0.387 e. The molecule has 0 radical (unpaired) electrons. The van der Waals surface area contributed by atoms with E-state index in [1.807, 2.05) is 48.5 Å². The molecule has 1 fully saturated rings. The lowest BCUT2D eigenvalue weighted by Crippen LogP contribution is -2.49. The largest absolute Gasteiger partial charge is 0.387 e. The molecule has 2 heterocycles. The van der Waals surface area contributed by atoms with Crippen LogP contribution in [0.3, 0.4) is 0 Å². The maximum atomic E-state index is 10.7. The number of anilines is 1. The van der Waals surface area contributed by atoms with Gasteiger partial charge in [0.1, 0.15) is 0 Å². The van der Waals surface area contributed by atoms with Crippen LogP contribution in [-0.4, -0.2) is 41.2 Å². The number of piperazine rings is 1. The van der Waals surface area contributed by atoms with Crippen LogP contribution >= 0.6 is 34.8 Å². The van der Waals surface area contributed by atoms with E-state index < -0.39 is 6.10 Å². The monoisotopic (exact) mass is 461 g/mol. The first-order valence-electron chi connectivity index (χ1n) is 9.79. The van der Waals surface area contributed by atoms with Gasteiger partial charge in [0.05, 0.1) is 22.9 Å². The van der Waals surface area contributed by atoms with Crippen molar-refractivity contribution in [1.82, 2.24) is 9.88 Å². The van der Waals surface area contributed by atoms with E-state index in [2.05, 4.69) is 14.8 Å². The first-order chi connectivity index (χ1) is 14.5. The first-order valence-corrected chi connectivity index (χ1v) is 10.9. The molecule has 7 heteroatoms. The Balaban J connectivity index is 1.59. The van der Waals surface area contributed by atoms with Gasteiger partial charge in [-0.25, -0.2) is 0 Å². The van der Waals surface area contributed by atoms with E-state index in [4.69, 9.17) is 34.8 Å². The summed E-state index contributed by atoms with van der Waals surface area (Å²) < 4.78 is 0. The fraction of sp³-hybridized carbons (Fsp3) is 0.261. The quantitative estimate of drug-likeness (QED) is 0.533. The van der Waals surface area contributed by atoms with E-state index in [1.54, 1.807) is 18.5 Å². The number of β-amino-alcohol motifs (C(OH)–C–C–N with tert-alkyl or cyclic N) is 1. The average molecular weight is 463 g/mol. The molecule has 2 atom stereocenters. The smallest absolute Gasteiger partial charge is 0.0918 e. The summed E-state index contributed by atoms with van der Waals surface area (Å²) in [5.74, 6) is 0. The van der Waals surface area contributed by atoms with E-state index >= 15 is 0 Å². The van der Waals surface area contributed by atoms with Gasteiger partial charge in [0.2, 0.25) is 0 Å². The van der Waals surface area contributed by atoms with Gasteiger partial charge in [0, 0.05) is 48.6 Å². The van der Waals surface area contributed by atoms with Crippen LogP contribution in [0.25, 0.3) is 0 Å². The summed E-state index contributed by atoms with van der Waals surface area (Å²) in [7, 11) is 0. The van der Waals surface area contributed by atoms with Crippen molar-refractivity contribution in [2.24, 2.45) is 0 Å². The number of aliphatic hydroxyl groups excluding tert-OH is 1. The number of hydrogen-bond acceptors (Lipinski definition) is 4. The van der Waals surface area contributed by atoms with Crippen molar-refractivity contribution in [3.8, 4) is 0 Å². The van der Waals surface area contributed by atoms with Crippen LogP contribution in [-0.2, 0) is 0 Å². The van der Waals surface area contributed by atoms with E-state index in [9.17, 15) is 5.11 Å². The number of halogens is 3. The van der Waals surface area contributed by atoms with Crippen LogP contribution in [0, 0.1) is 0 Å². The first kappa shape index (κ1) is 21.4. The molecule has 4 nitrogen and oxygen atoms in total.